The fraction of sp³-hybridized carbons (Fsp3) is 0.929. The molecule has 1 aliphatic carbocycles. The molecule has 0 radical (unpaired) electrons. The molecule has 2 rings (SSSR count). The largest absolute Gasteiger partial charge is 0.465 e. The van der Waals surface area contributed by atoms with Crippen LogP contribution >= 0.6 is 0 Å². The van der Waals surface area contributed by atoms with E-state index in [-0.39, 0.29) is 11.4 Å². The van der Waals surface area contributed by atoms with Crippen molar-refractivity contribution in [3.05, 3.63) is 0 Å². The summed E-state index contributed by atoms with van der Waals surface area (Å²) in [6, 6.07) is 0. The van der Waals surface area contributed by atoms with Crippen molar-refractivity contribution in [2.75, 3.05) is 32.8 Å². The number of nitrogens with zero attached hydrogens (tertiary/aromatic N) is 1. The van der Waals surface area contributed by atoms with Crippen LogP contribution in [0.25, 0.3) is 0 Å². The Morgan fingerprint density at radius 1 is 1.28 bits per heavy atom. The molecular formula is C14H26N2O2. The van der Waals surface area contributed by atoms with Crippen LogP contribution in [0.5, 0.6) is 0 Å². The van der Waals surface area contributed by atoms with Gasteiger partial charge in [-0.05, 0) is 25.2 Å². The first kappa shape index (κ1) is 13.8. The number of esters is 1. The Hall–Kier alpha value is -0.610. The lowest BCUT2D eigenvalue weighted by Gasteiger charge is -2.49. The molecule has 0 bridgehead atoms. The van der Waals surface area contributed by atoms with Crippen LogP contribution in [0.1, 0.15) is 40.0 Å². The lowest BCUT2D eigenvalue weighted by molar-refractivity contribution is -0.166. The molecule has 1 aliphatic heterocycles. The molecule has 1 N–H and O–H groups in total. The molecule has 1 atom stereocenters. The fourth-order valence-corrected chi connectivity index (χ4v) is 3.72. The highest BCUT2D eigenvalue weighted by Crippen LogP contribution is 2.50. The van der Waals surface area contributed by atoms with Crippen LogP contribution in [0.2, 0.25) is 0 Å². The van der Waals surface area contributed by atoms with Gasteiger partial charge in [-0.1, -0.05) is 20.3 Å². The summed E-state index contributed by atoms with van der Waals surface area (Å²) in [5, 5.41) is 3.36. The number of ether oxygens (including phenoxy) is 1. The average Bonchev–Trinajstić information content (AvgIpc) is 2.67. The monoisotopic (exact) mass is 254 g/mol. The second-order valence-corrected chi connectivity index (χ2v) is 6.06. The number of rotatable bonds is 3. The van der Waals surface area contributed by atoms with Gasteiger partial charge in [0.15, 0.2) is 0 Å². The van der Waals surface area contributed by atoms with Crippen molar-refractivity contribution in [1.82, 2.24) is 10.2 Å². The summed E-state index contributed by atoms with van der Waals surface area (Å²) >= 11 is 0. The third kappa shape index (κ3) is 2.05. The van der Waals surface area contributed by atoms with Crippen LogP contribution in [0.15, 0.2) is 0 Å². The Morgan fingerprint density at radius 2 is 1.94 bits per heavy atom. The molecule has 18 heavy (non-hydrogen) atoms. The van der Waals surface area contributed by atoms with E-state index in [0.29, 0.717) is 6.61 Å². The quantitative estimate of drug-likeness (QED) is 0.773. The standard InChI is InChI=1S/C14H26N2O2/c1-4-18-12(17)14(7-5-6-13(14,2)3)16-10-8-15-9-11-16/h15H,4-11H2,1-3H3. The minimum atomic E-state index is -0.398. The Labute approximate surface area is 110 Å². The van der Waals surface area contributed by atoms with Crippen LogP contribution in [-0.2, 0) is 9.53 Å². The van der Waals surface area contributed by atoms with E-state index in [4.69, 9.17) is 4.74 Å². The number of hydrogen-bond donors (Lipinski definition) is 1. The second-order valence-electron chi connectivity index (χ2n) is 6.06. The Bertz CT molecular complexity index is 311. The van der Waals surface area contributed by atoms with E-state index >= 15 is 0 Å². The van der Waals surface area contributed by atoms with Gasteiger partial charge < -0.3 is 10.1 Å². The highest BCUT2D eigenvalue weighted by atomic mass is 16.5. The zero-order valence-corrected chi connectivity index (χ0v) is 11.9. The summed E-state index contributed by atoms with van der Waals surface area (Å²) in [4.78, 5) is 15.0. The molecule has 4 heteroatoms. The number of carbonyl (C=O) groups excluding carboxylic acids is 1. The molecular weight excluding hydrogens is 228 g/mol. The van der Waals surface area contributed by atoms with Gasteiger partial charge >= 0.3 is 5.97 Å². The first-order chi connectivity index (χ1) is 8.54. The zero-order valence-electron chi connectivity index (χ0n) is 11.9. The molecule has 0 aromatic heterocycles. The minimum absolute atomic E-state index is 0.00519. The maximum atomic E-state index is 12.6. The van der Waals surface area contributed by atoms with Crippen LogP contribution in [0, 0.1) is 5.41 Å². The number of hydrogen-bond acceptors (Lipinski definition) is 4. The van der Waals surface area contributed by atoms with Gasteiger partial charge in [-0.15, -0.1) is 0 Å². The van der Waals surface area contributed by atoms with Crippen molar-refractivity contribution >= 4 is 5.97 Å². The molecule has 2 fully saturated rings. The summed E-state index contributed by atoms with van der Waals surface area (Å²) in [7, 11) is 0. The van der Waals surface area contributed by atoms with E-state index < -0.39 is 5.54 Å². The van der Waals surface area contributed by atoms with Crippen LogP contribution in [0.3, 0.4) is 0 Å². The topological polar surface area (TPSA) is 41.6 Å². The van der Waals surface area contributed by atoms with Crippen molar-refractivity contribution < 1.29 is 9.53 Å². The van der Waals surface area contributed by atoms with Gasteiger partial charge in [0.05, 0.1) is 6.61 Å². The van der Waals surface area contributed by atoms with Gasteiger partial charge in [-0.25, -0.2) is 0 Å². The van der Waals surface area contributed by atoms with Crippen molar-refractivity contribution in [3.63, 3.8) is 0 Å². The predicted molar refractivity (Wildman–Crippen MR) is 71.4 cm³/mol. The molecule has 0 spiro atoms. The van der Waals surface area contributed by atoms with Gasteiger partial charge in [0, 0.05) is 26.2 Å². The third-order valence-corrected chi connectivity index (χ3v) is 4.73. The molecule has 1 unspecified atom stereocenters. The smallest absolute Gasteiger partial charge is 0.327 e. The van der Waals surface area contributed by atoms with Crippen LogP contribution in [-0.4, -0.2) is 49.2 Å². The fourth-order valence-electron chi connectivity index (χ4n) is 3.72. The van der Waals surface area contributed by atoms with Gasteiger partial charge in [0.1, 0.15) is 5.54 Å². The Kier molecular flexibility index (Phi) is 3.97. The SMILES string of the molecule is CCOC(=O)C1(N2CCNCC2)CCCC1(C)C. The van der Waals surface area contributed by atoms with Gasteiger partial charge in [-0.3, -0.25) is 9.69 Å². The summed E-state index contributed by atoms with van der Waals surface area (Å²) in [5.41, 5.74) is -0.387. The first-order valence-electron chi connectivity index (χ1n) is 7.17. The van der Waals surface area contributed by atoms with E-state index in [1.807, 2.05) is 6.92 Å². The Morgan fingerprint density at radius 3 is 2.44 bits per heavy atom. The highest BCUT2D eigenvalue weighted by Gasteiger charge is 2.58. The third-order valence-electron chi connectivity index (χ3n) is 4.73. The van der Waals surface area contributed by atoms with E-state index in [9.17, 15) is 4.79 Å². The zero-order chi connectivity index (χ0) is 13.2. The van der Waals surface area contributed by atoms with E-state index in [2.05, 4.69) is 24.1 Å². The average molecular weight is 254 g/mol. The second kappa shape index (κ2) is 5.17. The maximum absolute atomic E-state index is 12.6. The number of piperazine rings is 1. The molecule has 104 valence electrons. The molecule has 1 saturated carbocycles. The predicted octanol–water partition coefficient (Wildman–Crippen LogP) is 1.40. The molecule has 2 aliphatic rings. The van der Waals surface area contributed by atoms with Gasteiger partial charge in [0.25, 0.3) is 0 Å². The van der Waals surface area contributed by atoms with E-state index in [0.717, 1.165) is 45.4 Å². The maximum Gasteiger partial charge on any atom is 0.327 e. The van der Waals surface area contributed by atoms with Crippen molar-refractivity contribution in [2.24, 2.45) is 5.41 Å². The minimum Gasteiger partial charge on any atom is -0.465 e. The molecule has 0 aromatic rings. The van der Waals surface area contributed by atoms with Gasteiger partial charge in [-0.2, -0.15) is 0 Å². The Balaban J connectivity index is 2.29. The molecule has 4 nitrogen and oxygen atoms in total. The van der Waals surface area contributed by atoms with Crippen molar-refractivity contribution in [2.45, 2.75) is 45.6 Å². The van der Waals surface area contributed by atoms with E-state index in [1.165, 1.54) is 0 Å². The highest BCUT2D eigenvalue weighted by molar-refractivity contribution is 5.82. The van der Waals surface area contributed by atoms with Gasteiger partial charge in [0.2, 0.25) is 0 Å². The van der Waals surface area contributed by atoms with Crippen molar-refractivity contribution in [3.8, 4) is 0 Å². The summed E-state index contributed by atoms with van der Waals surface area (Å²) in [6.07, 6.45) is 3.17. The number of nitrogens with one attached hydrogen (secondary N) is 1. The summed E-state index contributed by atoms with van der Waals surface area (Å²) in [5.74, 6) is -0.00519. The molecule has 0 amide bonds. The molecule has 1 heterocycles. The van der Waals surface area contributed by atoms with E-state index in [1.54, 1.807) is 0 Å². The number of carbonyl (C=O) groups is 1. The first-order valence-corrected chi connectivity index (χ1v) is 7.17. The summed E-state index contributed by atoms with van der Waals surface area (Å²) < 4.78 is 5.42. The van der Waals surface area contributed by atoms with Crippen LogP contribution in [0.4, 0.5) is 0 Å². The molecule has 1 saturated heterocycles. The van der Waals surface area contributed by atoms with Crippen LogP contribution < -0.4 is 5.32 Å². The summed E-state index contributed by atoms with van der Waals surface area (Å²) in [6.45, 7) is 10.6. The lowest BCUT2D eigenvalue weighted by Crippen LogP contribution is -2.65. The van der Waals surface area contributed by atoms with Crippen molar-refractivity contribution in [1.29, 1.82) is 0 Å². The molecule has 0 aromatic carbocycles. The lowest BCUT2D eigenvalue weighted by atomic mass is 9.73. The normalized spacial score (nSPS) is 32.4.